The first-order valence-electron chi connectivity index (χ1n) is 9.80. The number of amides is 2. The van der Waals surface area contributed by atoms with Crippen molar-refractivity contribution in [1.29, 1.82) is 0 Å². The molecule has 2 atom stereocenters. The zero-order valence-electron chi connectivity index (χ0n) is 18.8. The number of nitrogens with two attached hydrogens (primary N) is 1. The summed E-state index contributed by atoms with van der Waals surface area (Å²) < 4.78 is 14.0. The molecule has 2 unspecified atom stereocenters. The van der Waals surface area contributed by atoms with Crippen molar-refractivity contribution in [1.82, 2.24) is 15.1 Å². The van der Waals surface area contributed by atoms with Crippen LogP contribution < -0.4 is 11.1 Å². The van der Waals surface area contributed by atoms with Crippen LogP contribution in [0.15, 0.2) is 0 Å². The lowest BCUT2D eigenvalue weighted by Crippen LogP contribution is -2.47. The number of methoxy groups -OCH3 is 3. The van der Waals surface area contributed by atoms with E-state index in [-0.39, 0.29) is 37.9 Å². The summed E-state index contributed by atoms with van der Waals surface area (Å²) >= 11 is 0. The molecule has 0 aliphatic rings. The first kappa shape index (κ1) is 28.3. The summed E-state index contributed by atoms with van der Waals surface area (Å²) in [5.41, 5.74) is 5.50. The van der Waals surface area contributed by atoms with Gasteiger partial charge in [-0.3, -0.25) is 28.9 Å². The molecule has 178 valence electrons. The third kappa shape index (κ3) is 11.3. The number of esters is 3. The van der Waals surface area contributed by atoms with E-state index in [1.807, 2.05) is 0 Å². The van der Waals surface area contributed by atoms with Gasteiger partial charge in [0, 0.05) is 13.6 Å². The van der Waals surface area contributed by atoms with Gasteiger partial charge in [0.2, 0.25) is 11.8 Å². The lowest BCUT2D eigenvalue weighted by Gasteiger charge is -2.27. The summed E-state index contributed by atoms with van der Waals surface area (Å²) in [6.45, 7) is 1.17. The van der Waals surface area contributed by atoms with Crippen molar-refractivity contribution >= 4 is 29.7 Å². The van der Waals surface area contributed by atoms with Gasteiger partial charge in [0.15, 0.2) is 0 Å². The summed E-state index contributed by atoms with van der Waals surface area (Å²) in [5, 5.41) is 2.68. The van der Waals surface area contributed by atoms with Crippen molar-refractivity contribution in [2.75, 3.05) is 54.6 Å². The van der Waals surface area contributed by atoms with E-state index < -0.39 is 30.0 Å². The lowest BCUT2D eigenvalue weighted by molar-refractivity contribution is -0.153. The normalized spacial score (nSPS) is 12.5. The smallest absolute Gasteiger partial charge is 0.323 e. The number of hydrogen-bond donors (Lipinski definition) is 2. The molecule has 0 fully saturated rings. The van der Waals surface area contributed by atoms with Crippen molar-refractivity contribution in [2.24, 2.45) is 5.73 Å². The molecule has 3 N–H and O–H groups in total. The molecule has 12 nitrogen and oxygen atoms in total. The monoisotopic (exact) mass is 446 g/mol. The third-order valence-electron chi connectivity index (χ3n) is 4.41. The zero-order valence-corrected chi connectivity index (χ0v) is 18.8. The fraction of sp³-hybridized carbons (Fsp3) is 0.737. The molecule has 0 aliphatic heterocycles. The zero-order chi connectivity index (χ0) is 24.0. The van der Waals surface area contributed by atoms with Crippen molar-refractivity contribution in [2.45, 2.75) is 38.3 Å². The minimum Gasteiger partial charge on any atom is -0.468 e. The van der Waals surface area contributed by atoms with Crippen LogP contribution >= 0.6 is 0 Å². The molecule has 12 heteroatoms. The number of rotatable bonds is 14. The molecule has 0 aromatic heterocycles. The average molecular weight is 447 g/mol. The molecule has 2 amide bonds. The Labute approximate surface area is 182 Å². The molecule has 0 spiro atoms. The Morgan fingerprint density at radius 1 is 0.903 bits per heavy atom. The number of hydrogen-bond acceptors (Lipinski definition) is 10. The highest BCUT2D eigenvalue weighted by atomic mass is 16.5. The predicted octanol–water partition coefficient (Wildman–Crippen LogP) is -1.73. The minimum atomic E-state index is -0.867. The molecule has 31 heavy (non-hydrogen) atoms. The van der Waals surface area contributed by atoms with E-state index in [9.17, 15) is 24.0 Å². The number of ether oxygens (including phenoxy) is 3. The largest absolute Gasteiger partial charge is 0.468 e. The van der Waals surface area contributed by atoms with E-state index in [0.29, 0.717) is 19.4 Å². The Morgan fingerprint density at radius 2 is 1.45 bits per heavy atom. The van der Waals surface area contributed by atoms with E-state index in [1.165, 1.54) is 45.1 Å². The van der Waals surface area contributed by atoms with Crippen molar-refractivity contribution in [3.8, 4) is 0 Å². The van der Waals surface area contributed by atoms with Gasteiger partial charge in [0.1, 0.15) is 6.04 Å². The number of nitrogens with zero attached hydrogens (tertiary/aromatic N) is 2. The fourth-order valence-corrected chi connectivity index (χ4v) is 2.71. The van der Waals surface area contributed by atoms with Gasteiger partial charge in [-0.2, -0.15) is 0 Å². The summed E-state index contributed by atoms with van der Waals surface area (Å²) in [6.07, 6.45) is 1.29. The standard InChI is InChI=1S/C19H34N4O8/c1-13(20)18(27)22(2)10-15(24)21-9-7-6-8-14(19(28)31-5)23(11-16(25)29-3)12-17(26)30-4/h13-14H,6-12,20H2,1-5H3,(H,21,24). The number of carbonyl (C=O) groups is 5. The van der Waals surface area contributed by atoms with Gasteiger partial charge in [-0.15, -0.1) is 0 Å². The molecule has 0 aliphatic carbocycles. The van der Waals surface area contributed by atoms with Crippen LogP contribution in [-0.2, 0) is 38.2 Å². The van der Waals surface area contributed by atoms with E-state index in [0.717, 1.165) is 0 Å². The van der Waals surface area contributed by atoms with E-state index in [4.69, 9.17) is 10.5 Å². The molecule has 0 rings (SSSR count). The maximum absolute atomic E-state index is 12.2. The first-order valence-corrected chi connectivity index (χ1v) is 9.80. The Hall–Kier alpha value is -2.73. The first-order chi connectivity index (χ1) is 14.6. The topological polar surface area (TPSA) is 158 Å². The number of carbonyl (C=O) groups excluding carboxylic acids is 5. The number of nitrogens with one attached hydrogen (secondary N) is 1. The van der Waals surface area contributed by atoms with Crippen LogP contribution in [-0.4, -0.2) is 106 Å². The minimum absolute atomic E-state index is 0.114. The average Bonchev–Trinajstić information content (AvgIpc) is 2.74. The quantitative estimate of drug-likeness (QED) is 0.178. The highest BCUT2D eigenvalue weighted by Crippen LogP contribution is 2.11. The highest BCUT2D eigenvalue weighted by Gasteiger charge is 2.30. The summed E-state index contributed by atoms with van der Waals surface area (Å²) in [5.74, 6) is -2.51. The molecular weight excluding hydrogens is 412 g/mol. The van der Waals surface area contributed by atoms with Crippen LogP contribution in [0.4, 0.5) is 0 Å². The van der Waals surface area contributed by atoms with Crippen molar-refractivity contribution < 1.29 is 38.2 Å². The van der Waals surface area contributed by atoms with Gasteiger partial charge in [-0.05, 0) is 26.2 Å². The highest BCUT2D eigenvalue weighted by molar-refractivity contribution is 5.87. The van der Waals surface area contributed by atoms with Crippen LogP contribution in [0.25, 0.3) is 0 Å². The summed E-state index contributed by atoms with van der Waals surface area (Å²) in [4.78, 5) is 61.8. The van der Waals surface area contributed by atoms with Crippen LogP contribution in [0.3, 0.4) is 0 Å². The van der Waals surface area contributed by atoms with E-state index >= 15 is 0 Å². The molecule has 0 saturated carbocycles. The van der Waals surface area contributed by atoms with Crippen LogP contribution in [0, 0.1) is 0 Å². The van der Waals surface area contributed by atoms with Crippen LogP contribution in [0.1, 0.15) is 26.2 Å². The van der Waals surface area contributed by atoms with E-state index in [2.05, 4.69) is 14.8 Å². The number of likely N-dealkylation sites (N-methyl/N-ethyl adjacent to an activating group) is 1. The van der Waals surface area contributed by atoms with Gasteiger partial charge < -0.3 is 30.2 Å². The van der Waals surface area contributed by atoms with Gasteiger partial charge in [-0.25, -0.2) is 0 Å². The second-order valence-electron chi connectivity index (χ2n) is 6.92. The van der Waals surface area contributed by atoms with Crippen molar-refractivity contribution in [3.05, 3.63) is 0 Å². The van der Waals surface area contributed by atoms with Gasteiger partial charge in [0.25, 0.3) is 0 Å². The molecule has 0 radical (unpaired) electrons. The second kappa shape index (κ2) is 15.1. The summed E-state index contributed by atoms with van der Waals surface area (Å²) in [7, 11) is 5.11. The maximum atomic E-state index is 12.2. The SMILES string of the molecule is COC(=O)CN(CC(=O)OC)C(CCCCNC(=O)CN(C)C(=O)C(C)N)C(=O)OC. The van der Waals surface area contributed by atoms with Gasteiger partial charge >= 0.3 is 17.9 Å². The maximum Gasteiger partial charge on any atom is 0.323 e. The third-order valence-corrected chi connectivity index (χ3v) is 4.41. The molecule has 0 bridgehead atoms. The Balaban J connectivity index is 4.72. The molecule has 0 aromatic rings. The Bertz CT molecular complexity index is 608. The molecular formula is C19H34N4O8. The molecule has 0 heterocycles. The lowest BCUT2D eigenvalue weighted by atomic mass is 10.1. The fourth-order valence-electron chi connectivity index (χ4n) is 2.71. The van der Waals surface area contributed by atoms with Crippen molar-refractivity contribution in [3.63, 3.8) is 0 Å². The van der Waals surface area contributed by atoms with E-state index in [1.54, 1.807) is 0 Å². The predicted molar refractivity (Wildman–Crippen MR) is 110 cm³/mol. The van der Waals surface area contributed by atoms with Crippen LogP contribution in [0.2, 0.25) is 0 Å². The molecule has 0 aromatic carbocycles. The molecule has 0 saturated heterocycles. The van der Waals surface area contributed by atoms with Gasteiger partial charge in [0.05, 0.1) is 47.0 Å². The Kier molecular flexibility index (Phi) is 13.8. The van der Waals surface area contributed by atoms with Gasteiger partial charge in [-0.1, -0.05) is 0 Å². The number of unbranched alkanes of at least 4 members (excludes halogenated alkanes) is 1. The van der Waals surface area contributed by atoms with Crippen LogP contribution in [0.5, 0.6) is 0 Å². The summed E-state index contributed by atoms with van der Waals surface area (Å²) in [6, 6.07) is -1.56. The second-order valence-corrected chi connectivity index (χ2v) is 6.92. The Morgan fingerprint density at radius 3 is 1.90 bits per heavy atom.